The number of aromatic nitrogens is 1. The molecule has 1 aromatic carbocycles. The lowest BCUT2D eigenvalue weighted by molar-refractivity contribution is -0.136. The van der Waals surface area contributed by atoms with Gasteiger partial charge in [0.2, 0.25) is 5.91 Å². The lowest BCUT2D eigenvalue weighted by Crippen LogP contribution is -2.57. The number of amides is 1. The number of piperidine rings is 1. The first kappa shape index (κ1) is 23.1. The van der Waals surface area contributed by atoms with E-state index in [1.165, 1.54) is 25.2 Å². The Bertz CT molecular complexity index is 1230. The van der Waals surface area contributed by atoms with Gasteiger partial charge in [-0.2, -0.15) is 4.31 Å². The van der Waals surface area contributed by atoms with Crippen LogP contribution in [0.25, 0.3) is 10.2 Å². The SMILES string of the molecule is CSc1ccc2nc(N3CCN(C(=O)C4CCCCN4S(=O)(=O)c4cccs4)CC3)sc2c1. The monoisotopic (exact) mass is 522 g/mol. The van der Waals surface area contributed by atoms with Crippen LogP contribution in [0.3, 0.4) is 0 Å². The molecule has 1 unspecified atom stereocenters. The molecule has 3 aromatic rings. The molecule has 11 heteroatoms. The van der Waals surface area contributed by atoms with Crippen molar-refractivity contribution in [3.05, 3.63) is 35.7 Å². The van der Waals surface area contributed by atoms with E-state index in [-0.39, 0.29) is 5.91 Å². The number of thiazole rings is 1. The number of thiophene rings is 1. The summed E-state index contributed by atoms with van der Waals surface area (Å²) in [7, 11) is -3.64. The molecule has 0 bridgehead atoms. The minimum absolute atomic E-state index is 0.0663. The van der Waals surface area contributed by atoms with E-state index in [0.29, 0.717) is 43.4 Å². The van der Waals surface area contributed by atoms with Crippen LogP contribution < -0.4 is 4.90 Å². The molecule has 2 aromatic heterocycles. The smallest absolute Gasteiger partial charge is 0.253 e. The molecule has 33 heavy (non-hydrogen) atoms. The number of carbonyl (C=O) groups is 1. The molecule has 2 aliphatic rings. The minimum atomic E-state index is -3.64. The average Bonchev–Trinajstić information content (AvgIpc) is 3.54. The maximum Gasteiger partial charge on any atom is 0.253 e. The van der Waals surface area contributed by atoms with E-state index >= 15 is 0 Å². The largest absolute Gasteiger partial charge is 0.345 e. The summed E-state index contributed by atoms with van der Waals surface area (Å²) in [6, 6.07) is 9.08. The van der Waals surface area contributed by atoms with Crippen molar-refractivity contribution in [2.75, 3.05) is 43.9 Å². The summed E-state index contributed by atoms with van der Waals surface area (Å²) in [5, 5.41) is 2.74. The van der Waals surface area contributed by atoms with Crippen LogP contribution in [-0.4, -0.2) is 73.5 Å². The predicted molar refractivity (Wildman–Crippen MR) is 136 cm³/mol. The van der Waals surface area contributed by atoms with Crippen molar-refractivity contribution in [2.24, 2.45) is 0 Å². The Labute approximate surface area is 206 Å². The van der Waals surface area contributed by atoms with Crippen LogP contribution >= 0.6 is 34.4 Å². The summed E-state index contributed by atoms with van der Waals surface area (Å²) in [5.41, 5.74) is 1.00. The molecule has 1 amide bonds. The molecule has 0 saturated carbocycles. The number of anilines is 1. The van der Waals surface area contributed by atoms with Crippen LogP contribution in [-0.2, 0) is 14.8 Å². The zero-order valence-corrected chi connectivity index (χ0v) is 21.6. The first-order valence-electron chi connectivity index (χ1n) is 11.0. The van der Waals surface area contributed by atoms with Crippen molar-refractivity contribution in [3.63, 3.8) is 0 Å². The summed E-state index contributed by atoms with van der Waals surface area (Å²) < 4.78 is 29.2. The Morgan fingerprint density at radius 2 is 1.94 bits per heavy atom. The van der Waals surface area contributed by atoms with Crippen molar-refractivity contribution >= 4 is 65.7 Å². The third-order valence-corrected chi connectivity index (χ3v) is 11.3. The second-order valence-electron chi connectivity index (χ2n) is 8.20. The van der Waals surface area contributed by atoms with Crippen LogP contribution in [0.1, 0.15) is 19.3 Å². The van der Waals surface area contributed by atoms with E-state index in [4.69, 9.17) is 4.98 Å². The van der Waals surface area contributed by atoms with Gasteiger partial charge < -0.3 is 9.80 Å². The van der Waals surface area contributed by atoms with Gasteiger partial charge in [0.05, 0.1) is 10.2 Å². The maximum absolute atomic E-state index is 13.4. The Balaban J connectivity index is 1.28. The van der Waals surface area contributed by atoms with E-state index in [9.17, 15) is 13.2 Å². The maximum atomic E-state index is 13.4. The van der Waals surface area contributed by atoms with Gasteiger partial charge in [0.1, 0.15) is 10.3 Å². The number of hydrogen-bond donors (Lipinski definition) is 0. The summed E-state index contributed by atoms with van der Waals surface area (Å²) in [4.78, 5) is 23.5. The fourth-order valence-electron chi connectivity index (χ4n) is 4.45. The van der Waals surface area contributed by atoms with Gasteiger partial charge >= 0.3 is 0 Å². The zero-order chi connectivity index (χ0) is 23.0. The number of sulfonamides is 1. The minimum Gasteiger partial charge on any atom is -0.345 e. The normalized spacial score (nSPS) is 20.5. The number of carbonyl (C=O) groups excluding carboxylic acids is 1. The second kappa shape index (κ2) is 9.53. The van der Waals surface area contributed by atoms with E-state index in [1.807, 2.05) is 4.90 Å². The van der Waals surface area contributed by atoms with Gasteiger partial charge in [0, 0.05) is 37.6 Å². The fraction of sp³-hybridized carbons (Fsp3) is 0.455. The standard InChI is InChI=1S/C22H26N4O3S4/c1-30-16-7-8-17-19(15-16)32-22(23-17)25-12-10-24(11-13-25)21(27)18-5-2-3-9-26(18)33(28,29)20-6-4-14-31-20/h4,6-8,14-15,18H,2-3,5,9-13H2,1H3. The number of hydrogen-bond acceptors (Lipinski definition) is 8. The molecule has 0 N–H and O–H groups in total. The number of thioether (sulfide) groups is 1. The highest BCUT2D eigenvalue weighted by Gasteiger charge is 2.40. The lowest BCUT2D eigenvalue weighted by atomic mass is 10.0. The van der Waals surface area contributed by atoms with Crippen LogP contribution in [0.4, 0.5) is 5.13 Å². The van der Waals surface area contributed by atoms with Gasteiger partial charge in [-0.1, -0.05) is 23.8 Å². The van der Waals surface area contributed by atoms with Gasteiger partial charge in [0.25, 0.3) is 10.0 Å². The summed E-state index contributed by atoms with van der Waals surface area (Å²) >= 11 is 4.61. The molecule has 0 radical (unpaired) electrons. The topological polar surface area (TPSA) is 73.8 Å². The number of rotatable bonds is 5. The van der Waals surface area contributed by atoms with Gasteiger partial charge in [0.15, 0.2) is 5.13 Å². The van der Waals surface area contributed by atoms with E-state index in [2.05, 4.69) is 29.4 Å². The van der Waals surface area contributed by atoms with Gasteiger partial charge in [-0.25, -0.2) is 13.4 Å². The van der Waals surface area contributed by atoms with Crippen LogP contribution in [0, 0.1) is 0 Å². The molecule has 176 valence electrons. The third kappa shape index (κ3) is 4.53. The Morgan fingerprint density at radius 3 is 2.67 bits per heavy atom. The first-order valence-corrected chi connectivity index (χ1v) is 15.4. The molecule has 2 saturated heterocycles. The molecule has 2 fully saturated rings. The van der Waals surface area contributed by atoms with E-state index in [0.717, 1.165) is 23.5 Å². The molecular weight excluding hydrogens is 497 g/mol. The van der Waals surface area contributed by atoms with Gasteiger partial charge in [-0.3, -0.25) is 4.79 Å². The van der Waals surface area contributed by atoms with Crippen molar-refractivity contribution in [1.29, 1.82) is 0 Å². The number of piperazine rings is 1. The molecular formula is C22H26N4O3S4. The van der Waals surface area contributed by atoms with Crippen molar-refractivity contribution in [3.8, 4) is 0 Å². The highest BCUT2D eigenvalue weighted by Crippen LogP contribution is 2.33. The highest BCUT2D eigenvalue weighted by molar-refractivity contribution is 7.98. The van der Waals surface area contributed by atoms with Crippen molar-refractivity contribution in [2.45, 2.75) is 34.4 Å². The molecule has 1 atom stereocenters. The third-order valence-electron chi connectivity index (χ3n) is 6.24. The molecule has 5 rings (SSSR count). The first-order chi connectivity index (χ1) is 16.0. The predicted octanol–water partition coefficient (Wildman–Crippen LogP) is 3.97. The molecule has 2 aliphatic heterocycles. The summed E-state index contributed by atoms with van der Waals surface area (Å²) in [5.74, 6) is -0.0663. The summed E-state index contributed by atoms with van der Waals surface area (Å²) in [6.07, 6.45) is 4.31. The fourth-order valence-corrected chi connectivity index (χ4v) is 8.79. The Morgan fingerprint density at radius 1 is 1.12 bits per heavy atom. The summed E-state index contributed by atoms with van der Waals surface area (Å²) in [6.45, 7) is 2.96. The van der Waals surface area contributed by atoms with Crippen LogP contribution in [0.5, 0.6) is 0 Å². The van der Waals surface area contributed by atoms with Crippen molar-refractivity contribution < 1.29 is 13.2 Å². The van der Waals surface area contributed by atoms with Gasteiger partial charge in [-0.05, 0) is 48.7 Å². The molecule has 4 heterocycles. The quantitative estimate of drug-likeness (QED) is 0.472. The van der Waals surface area contributed by atoms with Gasteiger partial charge in [-0.15, -0.1) is 23.1 Å². The number of benzene rings is 1. The van der Waals surface area contributed by atoms with E-state index < -0.39 is 16.1 Å². The van der Waals surface area contributed by atoms with Crippen LogP contribution in [0.15, 0.2) is 44.8 Å². The van der Waals surface area contributed by atoms with Crippen LogP contribution in [0.2, 0.25) is 0 Å². The second-order valence-corrected chi connectivity index (χ2v) is 13.2. The highest BCUT2D eigenvalue weighted by atomic mass is 32.2. The lowest BCUT2D eigenvalue weighted by Gasteiger charge is -2.40. The Hall–Kier alpha value is -1.66. The number of nitrogens with zero attached hydrogens (tertiary/aromatic N) is 4. The van der Waals surface area contributed by atoms with Crippen molar-refractivity contribution in [1.82, 2.24) is 14.2 Å². The molecule has 7 nitrogen and oxygen atoms in total. The zero-order valence-electron chi connectivity index (χ0n) is 18.3. The number of fused-ring (bicyclic) bond motifs is 1. The van der Waals surface area contributed by atoms with E-state index in [1.54, 1.807) is 40.6 Å². The molecule has 0 aliphatic carbocycles. The Kier molecular flexibility index (Phi) is 6.67. The molecule has 0 spiro atoms. The average molecular weight is 523 g/mol.